The number of nitro benzene ring substituents is 1. The first-order valence-electron chi connectivity index (χ1n) is 5.74. The molecule has 20 heavy (non-hydrogen) atoms. The summed E-state index contributed by atoms with van der Waals surface area (Å²) in [5, 5.41) is 10.6. The number of hydrogen-bond acceptors (Lipinski definition) is 4. The smallest absolute Gasteiger partial charge is 0.319 e. The lowest BCUT2D eigenvalue weighted by Gasteiger charge is -2.19. The Morgan fingerprint density at radius 3 is 2.60 bits per heavy atom. The molecule has 0 spiro atoms. The van der Waals surface area contributed by atoms with E-state index >= 15 is 0 Å². The minimum absolute atomic E-state index is 0.0174. The molecule has 2 rings (SSSR count). The molecule has 2 aromatic rings. The van der Waals surface area contributed by atoms with Gasteiger partial charge in [0.05, 0.1) is 11.5 Å². The van der Waals surface area contributed by atoms with Gasteiger partial charge in [-0.15, -0.1) is 0 Å². The van der Waals surface area contributed by atoms with Crippen molar-refractivity contribution in [3.63, 3.8) is 0 Å². The summed E-state index contributed by atoms with van der Waals surface area (Å²) in [6, 6.07) is 5.86. The fourth-order valence-electron chi connectivity index (χ4n) is 1.78. The molecule has 106 valence electrons. The first kappa shape index (κ1) is 13.9. The van der Waals surface area contributed by atoms with E-state index in [1.54, 1.807) is 24.1 Å². The maximum absolute atomic E-state index is 12.7. The number of rotatable bonds is 5. The van der Waals surface area contributed by atoms with Gasteiger partial charge >= 0.3 is 6.55 Å². The molecule has 0 aliphatic heterocycles. The minimum Gasteiger partial charge on any atom is -0.367 e. The van der Waals surface area contributed by atoms with Crippen LogP contribution in [0.4, 0.5) is 20.2 Å². The molecular weight excluding hydrogens is 270 g/mol. The van der Waals surface area contributed by atoms with Crippen molar-refractivity contribution in [3.8, 4) is 0 Å². The molecule has 0 fully saturated rings. The number of imidazole rings is 1. The summed E-state index contributed by atoms with van der Waals surface area (Å²) in [5.74, 6) is 0.223. The largest absolute Gasteiger partial charge is 0.367 e. The van der Waals surface area contributed by atoms with E-state index in [-0.39, 0.29) is 18.1 Å². The van der Waals surface area contributed by atoms with E-state index in [0.29, 0.717) is 5.69 Å². The second kappa shape index (κ2) is 5.64. The van der Waals surface area contributed by atoms with Gasteiger partial charge in [-0.2, -0.15) is 8.78 Å². The van der Waals surface area contributed by atoms with Crippen LogP contribution in [0.2, 0.25) is 0 Å². The molecule has 6 nitrogen and oxygen atoms in total. The molecule has 0 amide bonds. The van der Waals surface area contributed by atoms with Crippen LogP contribution < -0.4 is 4.90 Å². The Labute approximate surface area is 113 Å². The summed E-state index contributed by atoms with van der Waals surface area (Å²) < 4.78 is 26.1. The van der Waals surface area contributed by atoms with Gasteiger partial charge in [0.25, 0.3) is 5.69 Å². The van der Waals surface area contributed by atoms with Crippen LogP contribution in [-0.4, -0.2) is 21.5 Å². The average Bonchev–Trinajstić information content (AvgIpc) is 2.87. The molecule has 8 heteroatoms. The van der Waals surface area contributed by atoms with Gasteiger partial charge in [0.1, 0.15) is 5.82 Å². The zero-order valence-electron chi connectivity index (χ0n) is 10.6. The molecule has 1 aromatic carbocycles. The van der Waals surface area contributed by atoms with E-state index in [2.05, 4.69) is 4.98 Å². The molecule has 0 saturated carbocycles. The average molecular weight is 282 g/mol. The molecule has 1 heterocycles. The highest BCUT2D eigenvalue weighted by atomic mass is 19.3. The summed E-state index contributed by atoms with van der Waals surface area (Å²) >= 11 is 0. The number of halogens is 2. The highest BCUT2D eigenvalue weighted by Crippen LogP contribution is 2.20. The predicted molar refractivity (Wildman–Crippen MR) is 68.7 cm³/mol. The van der Waals surface area contributed by atoms with Crippen LogP contribution in [0.5, 0.6) is 0 Å². The number of alkyl halides is 2. The molecule has 1 aromatic heterocycles. The van der Waals surface area contributed by atoms with Crippen molar-refractivity contribution < 1.29 is 13.7 Å². The standard InChI is InChI=1S/C12H12F2N4O2/c1-16(8-11-15-6-7-17(11)12(13)14)9-2-4-10(5-3-9)18(19)20/h2-7,12H,8H2,1H3. The normalized spacial score (nSPS) is 10.8. The van der Waals surface area contributed by atoms with Gasteiger partial charge < -0.3 is 4.90 Å². The molecule has 0 bridgehead atoms. The van der Waals surface area contributed by atoms with E-state index in [4.69, 9.17) is 0 Å². The number of benzene rings is 1. The lowest BCUT2D eigenvalue weighted by atomic mass is 10.2. The molecule has 0 aliphatic carbocycles. The van der Waals surface area contributed by atoms with Crippen molar-refractivity contribution >= 4 is 11.4 Å². The first-order chi connectivity index (χ1) is 9.49. The summed E-state index contributed by atoms with van der Waals surface area (Å²) in [7, 11) is 1.70. The summed E-state index contributed by atoms with van der Waals surface area (Å²) in [6.07, 6.45) is 2.52. The number of anilines is 1. The van der Waals surface area contributed by atoms with Crippen LogP contribution in [0, 0.1) is 10.1 Å². The van der Waals surface area contributed by atoms with Crippen LogP contribution in [0.25, 0.3) is 0 Å². The second-order valence-corrected chi connectivity index (χ2v) is 4.16. The Bertz CT molecular complexity index is 598. The topological polar surface area (TPSA) is 64.2 Å². The van der Waals surface area contributed by atoms with Crippen molar-refractivity contribution in [1.82, 2.24) is 9.55 Å². The Morgan fingerprint density at radius 2 is 2.05 bits per heavy atom. The van der Waals surface area contributed by atoms with Gasteiger partial charge in [0.2, 0.25) is 0 Å². The van der Waals surface area contributed by atoms with E-state index in [1.165, 1.54) is 24.5 Å². The van der Waals surface area contributed by atoms with Crippen LogP contribution in [0.15, 0.2) is 36.7 Å². The fraction of sp³-hybridized carbons (Fsp3) is 0.250. The van der Waals surface area contributed by atoms with Gasteiger partial charge in [0, 0.05) is 37.3 Å². The predicted octanol–water partition coefficient (Wildman–Crippen LogP) is 2.82. The van der Waals surface area contributed by atoms with E-state index < -0.39 is 11.5 Å². The van der Waals surface area contributed by atoms with Crippen molar-refractivity contribution in [2.75, 3.05) is 11.9 Å². The number of non-ortho nitro benzene ring substituents is 1. The van der Waals surface area contributed by atoms with E-state index in [0.717, 1.165) is 4.57 Å². The van der Waals surface area contributed by atoms with Crippen molar-refractivity contribution in [2.45, 2.75) is 13.1 Å². The molecule has 0 atom stereocenters. The molecule has 0 saturated heterocycles. The maximum Gasteiger partial charge on any atom is 0.319 e. The first-order valence-corrected chi connectivity index (χ1v) is 5.74. The summed E-state index contributed by atoms with van der Waals surface area (Å²) in [4.78, 5) is 15.6. The van der Waals surface area contributed by atoms with Gasteiger partial charge in [-0.05, 0) is 12.1 Å². The van der Waals surface area contributed by atoms with Gasteiger partial charge in [-0.3, -0.25) is 14.7 Å². The summed E-state index contributed by atoms with van der Waals surface area (Å²) in [6.45, 7) is -2.47. The molecule has 0 unspecified atom stereocenters. The fourth-order valence-corrected chi connectivity index (χ4v) is 1.78. The quantitative estimate of drug-likeness (QED) is 0.625. The minimum atomic E-state index is -2.64. The molecule has 0 radical (unpaired) electrons. The highest BCUT2D eigenvalue weighted by molar-refractivity contribution is 5.50. The number of nitro groups is 1. The van der Waals surface area contributed by atoms with Crippen LogP contribution in [0.1, 0.15) is 12.4 Å². The Kier molecular flexibility index (Phi) is 3.92. The van der Waals surface area contributed by atoms with Crippen LogP contribution in [0.3, 0.4) is 0 Å². The zero-order valence-corrected chi connectivity index (χ0v) is 10.6. The Hall–Kier alpha value is -2.51. The number of aromatic nitrogens is 2. The Balaban J connectivity index is 2.13. The van der Waals surface area contributed by atoms with E-state index in [9.17, 15) is 18.9 Å². The van der Waals surface area contributed by atoms with Gasteiger partial charge in [-0.25, -0.2) is 4.98 Å². The third-order valence-corrected chi connectivity index (χ3v) is 2.84. The monoisotopic (exact) mass is 282 g/mol. The van der Waals surface area contributed by atoms with Crippen molar-refractivity contribution in [1.29, 1.82) is 0 Å². The summed E-state index contributed by atoms with van der Waals surface area (Å²) in [5.41, 5.74) is 0.663. The lowest BCUT2D eigenvalue weighted by molar-refractivity contribution is -0.384. The molecular formula is C12H12F2N4O2. The molecule has 0 aliphatic rings. The van der Waals surface area contributed by atoms with Crippen molar-refractivity contribution in [2.24, 2.45) is 0 Å². The lowest BCUT2D eigenvalue weighted by Crippen LogP contribution is -2.19. The van der Waals surface area contributed by atoms with Gasteiger partial charge in [0.15, 0.2) is 0 Å². The number of hydrogen-bond donors (Lipinski definition) is 0. The van der Waals surface area contributed by atoms with Gasteiger partial charge in [-0.1, -0.05) is 0 Å². The van der Waals surface area contributed by atoms with Crippen LogP contribution >= 0.6 is 0 Å². The Morgan fingerprint density at radius 1 is 1.40 bits per heavy atom. The maximum atomic E-state index is 12.7. The van der Waals surface area contributed by atoms with E-state index in [1.807, 2.05) is 0 Å². The SMILES string of the molecule is CN(Cc1nccn1C(F)F)c1ccc([N+](=O)[O-])cc1. The third-order valence-electron chi connectivity index (χ3n) is 2.84. The third kappa shape index (κ3) is 2.90. The number of nitrogens with zero attached hydrogens (tertiary/aromatic N) is 4. The highest BCUT2D eigenvalue weighted by Gasteiger charge is 2.14. The zero-order chi connectivity index (χ0) is 14.7. The molecule has 0 N–H and O–H groups in total. The van der Waals surface area contributed by atoms with Crippen LogP contribution in [-0.2, 0) is 6.54 Å². The second-order valence-electron chi connectivity index (χ2n) is 4.16. The van der Waals surface area contributed by atoms with Crippen molar-refractivity contribution in [3.05, 3.63) is 52.6 Å².